The van der Waals surface area contributed by atoms with E-state index in [0.29, 0.717) is 37.9 Å². The van der Waals surface area contributed by atoms with Gasteiger partial charge in [0.1, 0.15) is 11.3 Å². The summed E-state index contributed by atoms with van der Waals surface area (Å²) in [7, 11) is 0. The molecular weight excluding hydrogens is 331 g/mol. The Morgan fingerprint density at radius 1 is 1.27 bits per heavy atom. The first-order chi connectivity index (χ1) is 10.4. The molecule has 1 N–H and O–H groups in total. The number of nitrogens with one attached hydrogen (secondary N) is 1. The van der Waals surface area contributed by atoms with Crippen molar-refractivity contribution in [2.24, 2.45) is 0 Å². The Labute approximate surface area is 140 Å². The monoisotopic (exact) mass is 352 g/mol. The van der Waals surface area contributed by atoms with E-state index in [-0.39, 0.29) is 5.88 Å². The Kier molecular flexibility index (Phi) is 7.92. The fraction of sp³-hybridized carbons (Fsp3) is 0.769. The third-order valence-electron chi connectivity index (χ3n) is 2.53. The quantitative estimate of drug-likeness (QED) is 0.573. The van der Waals surface area contributed by atoms with Gasteiger partial charge in [0.25, 0.3) is 0 Å². The smallest absolute Gasteiger partial charge is 0.407 e. The SMILES string of the molecule is CC(C)(C)OC(=O)NCCOCCn1nnc(CCl)c1CCl. The number of hydrogen-bond acceptors (Lipinski definition) is 5. The van der Waals surface area contributed by atoms with Crippen LogP contribution in [0.25, 0.3) is 0 Å². The van der Waals surface area contributed by atoms with Gasteiger partial charge < -0.3 is 14.8 Å². The van der Waals surface area contributed by atoms with Gasteiger partial charge in [-0.05, 0) is 20.8 Å². The first-order valence-corrected chi connectivity index (χ1v) is 8.02. The molecule has 0 aliphatic carbocycles. The first-order valence-electron chi connectivity index (χ1n) is 6.95. The molecule has 0 radical (unpaired) electrons. The number of alkyl carbamates (subject to hydrolysis) is 1. The van der Waals surface area contributed by atoms with Crippen LogP contribution in [0.2, 0.25) is 0 Å². The number of rotatable bonds is 8. The maximum absolute atomic E-state index is 11.4. The van der Waals surface area contributed by atoms with Crippen molar-refractivity contribution in [3.05, 3.63) is 11.4 Å². The predicted octanol–water partition coefficient (Wildman–Crippen LogP) is 2.30. The Morgan fingerprint density at radius 2 is 2.00 bits per heavy atom. The molecule has 0 fully saturated rings. The number of ether oxygens (including phenoxy) is 2. The van der Waals surface area contributed by atoms with Crippen molar-refractivity contribution in [1.82, 2.24) is 20.3 Å². The van der Waals surface area contributed by atoms with Crippen molar-refractivity contribution in [3.63, 3.8) is 0 Å². The zero-order valence-electron chi connectivity index (χ0n) is 13.1. The van der Waals surface area contributed by atoms with Crippen molar-refractivity contribution in [1.29, 1.82) is 0 Å². The van der Waals surface area contributed by atoms with Crippen LogP contribution in [0, 0.1) is 0 Å². The Morgan fingerprint density at radius 3 is 2.59 bits per heavy atom. The number of carbonyl (C=O) groups is 1. The molecule has 7 nitrogen and oxygen atoms in total. The van der Waals surface area contributed by atoms with Gasteiger partial charge in [-0.15, -0.1) is 28.3 Å². The number of hydrogen-bond donors (Lipinski definition) is 1. The fourth-order valence-corrected chi connectivity index (χ4v) is 2.09. The minimum atomic E-state index is -0.504. The molecule has 1 amide bonds. The highest BCUT2D eigenvalue weighted by molar-refractivity contribution is 6.18. The zero-order valence-corrected chi connectivity index (χ0v) is 14.6. The fourth-order valence-electron chi connectivity index (χ4n) is 1.59. The summed E-state index contributed by atoms with van der Waals surface area (Å²) in [6, 6.07) is 0. The van der Waals surface area contributed by atoms with E-state index >= 15 is 0 Å². The van der Waals surface area contributed by atoms with Crippen molar-refractivity contribution in [2.45, 2.75) is 44.7 Å². The van der Waals surface area contributed by atoms with Gasteiger partial charge in [0, 0.05) is 6.54 Å². The summed E-state index contributed by atoms with van der Waals surface area (Å²) < 4.78 is 12.2. The summed E-state index contributed by atoms with van der Waals surface area (Å²) >= 11 is 11.6. The van der Waals surface area contributed by atoms with E-state index in [1.807, 2.05) is 20.8 Å². The molecule has 0 saturated carbocycles. The highest BCUT2D eigenvalue weighted by Crippen LogP contribution is 2.11. The van der Waals surface area contributed by atoms with Gasteiger partial charge in [-0.1, -0.05) is 5.21 Å². The number of halogens is 2. The number of carbonyl (C=O) groups excluding carboxylic acids is 1. The van der Waals surface area contributed by atoms with Crippen LogP contribution in [-0.4, -0.2) is 46.4 Å². The third-order valence-corrected chi connectivity index (χ3v) is 3.04. The minimum absolute atomic E-state index is 0.280. The summed E-state index contributed by atoms with van der Waals surface area (Å²) in [5.74, 6) is 0.581. The predicted molar refractivity (Wildman–Crippen MR) is 84.2 cm³/mol. The molecule has 0 unspecified atom stereocenters. The van der Waals surface area contributed by atoms with Crippen LogP contribution in [0.3, 0.4) is 0 Å². The van der Waals surface area contributed by atoms with Gasteiger partial charge in [0.2, 0.25) is 0 Å². The van der Waals surface area contributed by atoms with E-state index in [4.69, 9.17) is 32.7 Å². The molecule has 1 rings (SSSR count). The van der Waals surface area contributed by atoms with E-state index in [2.05, 4.69) is 15.6 Å². The summed E-state index contributed by atoms with van der Waals surface area (Å²) in [4.78, 5) is 11.4. The second kappa shape index (κ2) is 9.17. The molecule has 0 aliphatic rings. The number of amides is 1. The Hall–Kier alpha value is -1.05. The van der Waals surface area contributed by atoms with Crippen LogP contribution in [0.4, 0.5) is 4.79 Å². The summed E-state index contributed by atoms with van der Waals surface area (Å²) in [6.07, 6.45) is -0.455. The molecule has 0 aliphatic heterocycles. The third kappa shape index (κ3) is 6.81. The van der Waals surface area contributed by atoms with E-state index in [1.54, 1.807) is 4.68 Å². The zero-order chi connectivity index (χ0) is 16.6. The average Bonchev–Trinajstić information content (AvgIpc) is 2.82. The second-order valence-corrected chi connectivity index (χ2v) is 6.05. The van der Waals surface area contributed by atoms with Crippen LogP contribution in [0.15, 0.2) is 0 Å². The molecule has 22 heavy (non-hydrogen) atoms. The highest BCUT2D eigenvalue weighted by atomic mass is 35.5. The van der Waals surface area contributed by atoms with Crippen molar-refractivity contribution < 1.29 is 14.3 Å². The van der Waals surface area contributed by atoms with E-state index in [9.17, 15) is 4.79 Å². The largest absolute Gasteiger partial charge is 0.444 e. The number of nitrogens with zero attached hydrogens (tertiary/aromatic N) is 3. The lowest BCUT2D eigenvalue weighted by Gasteiger charge is -2.19. The second-order valence-electron chi connectivity index (χ2n) is 5.51. The summed E-state index contributed by atoms with van der Waals surface area (Å²) in [5.41, 5.74) is 0.978. The molecular formula is C13H22Cl2N4O3. The average molecular weight is 353 g/mol. The molecule has 1 aromatic rings. The molecule has 1 aromatic heterocycles. The molecule has 1 heterocycles. The van der Waals surface area contributed by atoms with Gasteiger partial charge in [0.15, 0.2) is 0 Å². The van der Waals surface area contributed by atoms with Gasteiger partial charge in [-0.25, -0.2) is 9.48 Å². The molecule has 0 atom stereocenters. The van der Waals surface area contributed by atoms with Gasteiger partial charge >= 0.3 is 6.09 Å². The van der Waals surface area contributed by atoms with Crippen LogP contribution in [0.5, 0.6) is 0 Å². The van der Waals surface area contributed by atoms with Crippen LogP contribution >= 0.6 is 23.2 Å². The topological polar surface area (TPSA) is 78.3 Å². The van der Waals surface area contributed by atoms with Gasteiger partial charge in [-0.2, -0.15) is 0 Å². The molecule has 0 aromatic carbocycles. The molecule has 9 heteroatoms. The van der Waals surface area contributed by atoms with E-state index in [1.165, 1.54) is 0 Å². The maximum atomic E-state index is 11.4. The van der Waals surface area contributed by atoms with Gasteiger partial charge in [-0.3, -0.25) is 0 Å². The van der Waals surface area contributed by atoms with Gasteiger partial charge in [0.05, 0.1) is 37.2 Å². The summed E-state index contributed by atoms with van der Waals surface area (Å²) in [6.45, 7) is 7.15. The Bertz CT molecular complexity index is 474. The normalized spacial score (nSPS) is 11.5. The lowest BCUT2D eigenvalue weighted by molar-refractivity contribution is 0.0496. The molecule has 126 valence electrons. The van der Waals surface area contributed by atoms with E-state index in [0.717, 1.165) is 5.69 Å². The molecule has 0 bridgehead atoms. The standard InChI is InChI=1S/C13H22Cl2N4O3/c1-13(2,3)22-12(20)16-4-6-21-7-5-19-11(9-15)10(8-14)17-18-19/h4-9H2,1-3H3,(H,16,20). The summed E-state index contributed by atoms with van der Waals surface area (Å²) in [5, 5.41) is 10.5. The van der Waals surface area contributed by atoms with Crippen LogP contribution in [0.1, 0.15) is 32.2 Å². The maximum Gasteiger partial charge on any atom is 0.407 e. The lowest BCUT2D eigenvalue weighted by atomic mass is 10.2. The molecule has 0 spiro atoms. The van der Waals surface area contributed by atoms with E-state index < -0.39 is 11.7 Å². The highest BCUT2D eigenvalue weighted by Gasteiger charge is 2.15. The van der Waals surface area contributed by atoms with Crippen molar-refractivity contribution in [3.8, 4) is 0 Å². The lowest BCUT2D eigenvalue weighted by Crippen LogP contribution is -2.34. The van der Waals surface area contributed by atoms with Crippen molar-refractivity contribution in [2.75, 3.05) is 19.8 Å². The Balaban J connectivity index is 2.18. The van der Waals surface area contributed by atoms with Crippen LogP contribution < -0.4 is 5.32 Å². The first kappa shape index (κ1) is 19.0. The number of alkyl halides is 2. The van der Waals surface area contributed by atoms with Crippen LogP contribution in [-0.2, 0) is 27.8 Å². The number of aromatic nitrogens is 3. The van der Waals surface area contributed by atoms with Crippen molar-refractivity contribution >= 4 is 29.3 Å². The minimum Gasteiger partial charge on any atom is -0.444 e. The molecule has 0 saturated heterocycles.